The second kappa shape index (κ2) is 8.40. The van der Waals surface area contributed by atoms with Crippen molar-refractivity contribution in [2.24, 2.45) is 0 Å². The number of esters is 1. The second-order valence-corrected chi connectivity index (χ2v) is 6.13. The van der Waals surface area contributed by atoms with E-state index in [2.05, 4.69) is 10.6 Å². The third kappa shape index (κ3) is 4.47. The van der Waals surface area contributed by atoms with E-state index in [1.165, 1.54) is 0 Å². The van der Waals surface area contributed by atoms with E-state index >= 15 is 0 Å². The summed E-state index contributed by atoms with van der Waals surface area (Å²) in [5.74, 6) is 0.262. The summed E-state index contributed by atoms with van der Waals surface area (Å²) in [6, 6.07) is 16.3. The molecule has 1 heterocycles. The number of ether oxygens (including phenoxy) is 2. The van der Waals surface area contributed by atoms with Gasteiger partial charge in [-0.2, -0.15) is 0 Å². The average Bonchev–Trinajstić information content (AvgIpc) is 2.67. The van der Waals surface area contributed by atoms with Crippen molar-refractivity contribution < 1.29 is 19.1 Å². The smallest absolute Gasteiger partial charge is 0.338 e. The zero-order valence-corrected chi connectivity index (χ0v) is 15.3. The van der Waals surface area contributed by atoms with Crippen molar-refractivity contribution in [3.05, 3.63) is 77.0 Å². The number of carbonyl (C=O) groups excluding carboxylic acids is 2. The van der Waals surface area contributed by atoms with Crippen LogP contribution in [0.1, 0.15) is 31.0 Å². The number of benzene rings is 2. The molecule has 2 amide bonds. The van der Waals surface area contributed by atoms with Crippen LogP contribution in [0.25, 0.3) is 0 Å². The third-order valence-electron chi connectivity index (χ3n) is 4.23. The number of nitrogens with one attached hydrogen (secondary N) is 2. The van der Waals surface area contributed by atoms with Gasteiger partial charge >= 0.3 is 12.0 Å². The van der Waals surface area contributed by atoms with Crippen LogP contribution >= 0.6 is 0 Å². The van der Waals surface area contributed by atoms with Crippen molar-refractivity contribution in [2.75, 3.05) is 6.61 Å². The van der Waals surface area contributed by atoms with Crippen molar-refractivity contribution in [1.29, 1.82) is 0 Å². The molecule has 0 radical (unpaired) electrons. The monoisotopic (exact) mass is 366 g/mol. The number of amides is 2. The summed E-state index contributed by atoms with van der Waals surface area (Å²) in [6.07, 6.45) is 0. The molecule has 2 aromatic carbocycles. The topological polar surface area (TPSA) is 76.7 Å². The molecule has 0 aromatic heterocycles. The van der Waals surface area contributed by atoms with E-state index in [1.54, 1.807) is 13.8 Å². The van der Waals surface area contributed by atoms with Gasteiger partial charge in [0.05, 0.1) is 18.2 Å². The molecule has 1 aliphatic rings. The van der Waals surface area contributed by atoms with Gasteiger partial charge in [0.25, 0.3) is 0 Å². The molecule has 0 aliphatic carbocycles. The van der Waals surface area contributed by atoms with Gasteiger partial charge in [0.15, 0.2) is 0 Å². The molecule has 6 heteroatoms. The number of urea groups is 1. The maximum absolute atomic E-state index is 12.3. The van der Waals surface area contributed by atoms with Crippen molar-refractivity contribution in [1.82, 2.24) is 10.6 Å². The third-order valence-corrected chi connectivity index (χ3v) is 4.23. The largest absolute Gasteiger partial charge is 0.489 e. The molecule has 0 saturated carbocycles. The lowest BCUT2D eigenvalue weighted by molar-refractivity contribution is -0.139. The quantitative estimate of drug-likeness (QED) is 0.768. The minimum Gasteiger partial charge on any atom is -0.489 e. The predicted molar refractivity (Wildman–Crippen MR) is 101 cm³/mol. The summed E-state index contributed by atoms with van der Waals surface area (Å²) in [7, 11) is 0. The highest BCUT2D eigenvalue weighted by Crippen LogP contribution is 2.29. The zero-order chi connectivity index (χ0) is 19.2. The summed E-state index contributed by atoms with van der Waals surface area (Å²) in [6.45, 7) is 4.17. The highest BCUT2D eigenvalue weighted by Gasteiger charge is 2.32. The summed E-state index contributed by atoms with van der Waals surface area (Å²) >= 11 is 0. The second-order valence-electron chi connectivity index (χ2n) is 6.13. The van der Waals surface area contributed by atoms with E-state index in [9.17, 15) is 9.59 Å². The van der Waals surface area contributed by atoms with Gasteiger partial charge in [-0.05, 0) is 37.1 Å². The van der Waals surface area contributed by atoms with Crippen molar-refractivity contribution in [3.8, 4) is 5.75 Å². The van der Waals surface area contributed by atoms with Gasteiger partial charge in [0, 0.05) is 5.70 Å². The molecule has 140 valence electrons. The Morgan fingerprint density at radius 1 is 1.07 bits per heavy atom. The lowest BCUT2D eigenvalue weighted by Gasteiger charge is -2.28. The minimum atomic E-state index is -0.569. The summed E-state index contributed by atoms with van der Waals surface area (Å²) < 4.78 is 10.9. The summed E-state index contributed by atoms with van der Waals surface area (Å²) in [4.78, 5) is 24.2. The fraction of sp³-hybridized carbons (Fsp3) is 0.238. The predicted octanol–water partition coefficient (Wildman–Crippen LogP) is 3.46. The van der Waals surface area contributed by atoms with Gasteiger partial charge in [-0.3, -0.25) is 0 Å². The van der Waals surface area contributed by atoms with Gasteiger partial charge in [-0.25, -0.2) is 9.59 Å². The van der Waals surface area contributed by atoms with Gasteiger partial charge in [0.2, 0.25) is 0 Å². The van der Waals surface area contributed by atoms with E-state index in [0.29, 0.717) is 23.6 Å². The molecule has 27 heavy (non-hydrogen) atoms. The molecular formula is C21H22N2O4. The molecule has 0 fully saturated rings. The number of carbonyl (C=O) groups is 2. The zero-order valence-electron chi connectivity index (χ0n) is 15.3. The van der Waals surface area contributed by atoms with E-state index in [4.69, 9.17) is 9.47 Å². The first kappa shape index (κ1) is 18.5. The maximum Gasteiger partial charge on any atom is 0.338 e. The fourth-order valence-corrected chi connectivity index (χ4v) is 2.92. The number of rotatable bonds is 6. The summed E-state index contributed by atoms with van der Waals surface area (Å²) in [5, 5.41) is 5.40. The Morgan fingerprint density at radius 3 is 2.44 bits per heavy atom. The molecule has 6 nitrogen and oxygen atoms in total. The van der Waals surface area contributed by atoms with E-state index < -0.39 is 12.0 Å². The normalized spacial score (nSPS) is 16.4. The molecule has 1 aliphatic heterocycles. The van der Waals surface area contributed by atoms with Crippen molar-refractivity contribution in [3.63, 3.8) is 0 Å². The van der Waals surface area contributed by atoms with Gasteiger partial charge in [-0.15, -0.1) is 0 Å². The lowest BCUT2D eigenvalue weighted by Crippen LogP contribution is -2.45. The standard InChI is InChI=1S/C21H22N2O4/c1-3-26-20(24)18-14(2)22-21(25)23-19(18)16-9-11-17(12-10-16)27-13-15-7-5-4-6-8-15/h4-12,19H,3,13H2,1-2H3,(H2,22,23,25)/t19-/m1/s1. The van der Waals surface area contributed by atoms with Crippen LogP contribution < -0.4 is 15.4 Å². The van der Waals surface area contributed by atoms with Crippen LogP contribution in [-0.2, 0) is 16.1 Å². The first-order chi connectivity index (χ1) is 13.1. The van der Waals surface area contributed by atoms with E-state index in [0.717, 1.165) is 11.1 Å². The van der Waals surface area contributed by atoms with Crippen LogP contribution in [0, 0.1) is 0 Å². The highest BCUT2D eigenvalue weighted by molar-refractivity contribution is 5.95. The number of hydrogen-bond donors (Lipinski definition) is 2. The SMILES string of the molecule is CCOC(=O)C1=C(C)NC(=O)N[C@@H]1c1ccc(OCc2ccccc2)cc1. The minimum absolute atomic E-state index is 0.266. The first-order valence-electron chi connectivity index (χ1n) is 8.80. The Morgan fingerprint density at radius 2 is 1.78 bits per heavy atom. The molecule has 1 atom stereocenters. The molecule has 0 bridgehead atoms. The molecule has 2 N–H and O–H groups in total. The maximum atomic E-state index is 12.3. The highest BCUT2D eigenvalue weighted by atomic mass is 16.5. The Labute approximate surface area is 158 Å². The van der Waals surface area contributed by atoms with Gasteiger partial charge in [0.1, 0.15) is 12.4 Å². The van der Waals surface area contributed by atoms with Gasteiger partial charge < -0.3 is 20.1 Å². The van der Waals surface area contributed by atoms with Crippen molar-refractivity contribution >= 4 is 12.0 Å². The van der Waals surface area contributed by atoms with Crippen LogP contribution in [0.5, 0.6) is 5.75 Å². The van der Waals surface area contributed by atoms with Crippen LogP contribution in [-0.4, -0.2) is 18.6 Å². The Balaban J connectivity index is 1.77. The molecule has 2 aromatic rings. The van der Waals surface area contributed by atoms with Gasteiger partial charge in [-0.1, -0.05) is 42.5 Å². The Hall–Kier alpha value is -3.28. The van der Waals surface area contributed by atoms with Crippen LogP contribution in [0.4, 0.5) is 4.79 Å². The fourth-order valence-electron chi connectivity index (χ4n) is 2.92. The van der Waals surface area contributed by atoms with Crippen LogP contribution in [0.15, 0.2) is 65.9 Å². The Kier molecular flexibility index (Phi) is 5.76. The lowest BCUT2D eigenvalue weighted by atomic mass is 9.95. The van der Waals surface area contributed by atoms with E-state index in [-0.39, 0.29) is 12.6 Å². The molecule has 0 spiro atoms. The average molecular weight is 366 g/mol. The van der Waals surface area contributed by atoms with Crippen molar-refractivity contribution in [2.45, 2.75) is 26.5 Å². The first-order valence-corrected chi connectivity index (χ1v) is 8.80. The molecule has 0 unspecified atom stereocenters. The number of allylic oxidation sites excluding steroid dienone is 1. The Bertz CT molecular complexity index is 844. The molecule has 0 saturated heterocycles. The summed E-state index contributed by atoms with van der Waals surface area (Å²) in [5.41, 5.74) is 2.75. The number of hydrogen-bond acceptors (Lipinski definition) is 4. The van der Waals surface area contributed by atoms with E-state index in [1.807, 2.05) is 54.6 Å². The molecular weight excluding hydrogens is 344 g/mol. The molecule has 3 rings (SSSR count). The van der Waals surface area contributed by atoms with Crippen LogP contribution in [0.2, 0.25) is 0 Å². The van der Waals surface area contributed by atoms with Crippen LogP contribution in [0.3, 0.4) is 0 Å².